The van der Waals surface area contributed by atoms with Crippen LogP contribution in [0.2, 0.25) is 0 Å². The Morgan fingerprint density at radius 3 is 1.57 bits per heavy atom. The number of carboxylic acids is 1. The summed E-state index contributed by atoms with van der Waals surface area (Å²) >= 11 is 0. The highest BCUT2D eigenvalue weighted by molar-refractivity contribution is 5.73. The first-order chi connectivity index (χ1) is 41.9. The SMILES string of the molecule is CC1O[C@@H](O[C@H]2C(O)[C@@H](O)C(C)O[C@H]2O[C@H]2C(O)[C@@H](O)C(CO)O[C@H]2OC2[C@H](O)C(C(=O)O)O[C@@H](O[C@H]3CC[C@@]4(C)C(CC[C@]5(C)C4CC[C@]46O[C@H](O)[C@]7(C4CC(C)(C)[C@@H](O)[C@@H]7O)[C@H](O)C[C@]65C)C3(C)C)[C@H]2O[C@@H]2OC(CO)[C@H](O)C(O)[C@@H]2O)[C@@H](O)C(O)[C@H]1O. The van der Waals surface area contributed by atoms with E-state index in [4.69, 9.17) is 52.1 Å². The van der Waals surface area contributed by atoms with Gasteiger partial charge in [-0.15, -0.1) is 0 Å². The van der Waals surface area contributed by atoms with Gasteiger partial charge in [0.25, 0.3) is 0 Å². The number of carboxylic acid groups (broad SMARTS) is 1. The maximum Gasteiger partial charge on any atom is 0.335 e. The molecule has 2 bridgehead atoms. The number of rotatable bonds is 13. The molecular weight excluding hydrogens is 1200 g/mol. The Labute approximate surface area is 520 Å². The van der Waals surface area contributed by atoms with Gasteiger partial charge in [-0.3, -0.25) is 0 Å². The molecule has 38 atom stereocenters. The Morgan fingerprint density at radius 2 is 0.956 bits per heavy atom. The lowest BCUT2D eigenvalue weighted by Gasteiger charge is -2.75. The summed E-state index contributed by atoms with van der Waals surface area (Å²) in [5.41, 5.74) is -5.87. The van der Waals surface area contributed by atoms with Crippen molar-refractivity contribution >= 4 is 5.97 Å². The van der Waals surface area contributed by atoms with Gasteiger partial charge in [0.05, 0.1) is 60.9 Å². The number of aliphatic carboxylic acids is 1. The van der Waals surface area contributed by atoms with Crippen molar-refractivity contribution < 1.29 is 149 Å². The number of hydrogen-bond acceptors (Lipinski definition) is 29. The molecule has 0 radical (unpaired) electrons. The Kier molecular flexibility index (Phi) is 18.9. The zero-order chi connectivity index (χ0) is 66.0. The summed E-state index contributed by atoms with van der Waals surface area (Å²) in [5.74, 6) is -2.44. The van der Waals surface area contributed by atoms with E-state index >= 15 is 0 Å². The van der Waals surface area contributed by atoms with Crippen molar-refractivity contribution in [2.75, 3.05) is 13.2 Å². The van der Waals surface area contributed by atoms with Gasteiger partial charge in [0.1, 0.15) is 104 Å². The van der Waals surface area contributed by atoms with E-state index in [1.54, 1.807) is 0 Å². The van der Waals surface area contributed by atoms with E-state index in [0.29, 0.717) is 38.5 Å². The molecule has 11 rings (SSSR count). The van der Waals surface area contributed by atoms with Crippen molar-refractivity contribution in [1.82, 2.24) is 0 Å². The van der Waals surface area contributed by atoms with Crippen molar-refractivity contribution in [3.8, 4) is 0 Å². The van der Waals surface area contributed by atoms with Crippen molar-refractivity contribution in [1.29, 1.82) is 0 Å². The molecule has 518 valence electrons. The van der Waals surface area contributed by atoms with E-state index < -0.39 is 247 Å². The highest BCUT2D eigenvalue weighted by atomic mass is 16.8. The highest BCUT2D eigenvalue weighted by Gasteiger charge is 2.85. The molecule has 90 heavy (non-hydrogen) atoms. The molecule has 6 aliphatic heterocycles. The van der Waals surface area contributed by atoms with Crippen molar-refractivity contribution in [2.24, 2.45) is 50.2 Å². The fourth-order valence-electron chi connectivity index (χ4n) is 19.6. The molecule has 11 fully saturated rings. The minimum absolute atomic E-state index is 0.0252. The molecule has 1 spiro atoms. The average molecular weight is 1300 g/mol. The van der Waals surface area contributed by atoms with Gasteiger partial charge in [0.15, 0.2) is 43.8 Å². The third kappa shape index (κ3) is 10.3. The molecular formula is C60H98O30. The van der Waals surface area contributed by atoms with Crippen LogP contribution in [-0.4, -0.2) is 301 Å². The van der Waals surface area contributed by atoms with Gasteiger partial charge in [-0.1, -0.05) is 48.5 Å². The molecule has 13 unspecified atom stereocenters. The van der Waals surface area contributed by atoms with Crippen molar-refractivity contribution in [3.63, 3.8) is 0 Å². The van der Waals surface area contributed by atoms with E-state index in [0.717, 1.165) is 0 Å². The van der Waals surface area contributed by atoms with E-state index in [9.17, 15) is 96.7 Å². The molecule has 18 N–H and O–H groups in total. The van der Waals surface area contributed by atoms with Gasteiger partial charge in [0.2, 0.25) is 0 Å². The second kappa shape index (κ2) is 24.4. The van der Waals surface area contributed by atoms with Crippen LogP contribution in [0.1, 0.15) is 114 Å². The van der Waals surface area contributed by atoms with Crippen molar-refractivity contribution in [3.05, 3.63) is 0 Å². The number of aliphatic hydroxyl groups excluding tert-OH is 17. The topological polar surface area (TPSA) is 483 Å². The van der Waals surface area contributed by atoms with Crippen LogP contribution in [0.25, 0.3) is 0 Å². The third-order valence-corrected chi connectivity index (χ3v) is 24.9. The zero-order valence-corrected chi connectivity index (χ0v) is 52.1. The van der Waals surface area contributed by atoms with Gasteiger partial charge in [-0.25, -0.2) is 4.79 Å². The number of hydrogen-bond donors (Lipinski definition) is 18. The number of ether oxygens (including phenoxy) is 11. The fraction of sp³-hybridized carbons (Fsp3) is 0.983. The second-order valence-corrected chi connectivity index (χ2v) is 30.1. The van der Waals surface area contributed by atoms with Crippen LogP contribution < -0.4 is 0 Å². The van der Waals surface area contributed by atoms with E-state index in [-0.39, 0.29) is 24.7 Å². The van der Waals surface area contributed by atoms with Gasteiger partial charge in [-0.2, -0.15) is 0 Å². The lowest BCUT2D eigenvalue weighted by atomic mass is 9.30. The smallest absolute Gasteiger partial charge is 0.335 e. The van der Waals surface area contributed by atoms with Gasteiger partial charge >= 0.3 is 5.97 Å². The maximum absolute atomic E-state index is 13.4. The summed E-state index contributed by atoms with van der Waals surface area (Å²) in [6.07, 6.45) is -50.4. The summed E-state index contributed by atoms with van der Waals surface area (Å²) in [6, 6.07) is 0. The van der Waals surface area contributed by atoms with Crippen LogP contribution in [0.5, 0.6) is 0 Å². The van der Waals surface area contributed by atoms with E-state index in [1.165, 1.54) is 13.8 Å². The minimum atomic E-state index is -2.35. The first-order valence-corrected chi connectivity index (χ1v) is 31.8. The second-order valence-electron chi connectivity index (χ2n) is 30.1. The summed E-state index contributed by atoms with van der Waals surface area (Å²) in [7, 11) is 0. The molecule has 5 saturated carbocycles. The van der Waals surface area contributed by atoms with Gasteiger partial charge in [-0.05, 0) is 98.7 Å². The third-order valence-electron chi connectivity index (χ3n) is 24.9. The van der Waals surface area contributed by atoms with Gasteiger partial charge in [0, 0.05) is 11.3 Å². The van der Waals surface area contributed by atoms with Crippen LogP contribution >= 0.6 is 0 Å². The van der Waals surface area contributed by atoms with E-state index in [1.807, 2.05) is 27.7 Å². The molecule has 30 nitrogen and oxygen atoms in total. The molecule has 0 aromatic carbocycles. The molecule has 0 aromatic heterocycles. The summed E-state index contributed by atoms with van der Waals surface area (Å²) in [6.45, 7) is 15.1. The normalized spacial score (nSPS) is 58.2. The fourth-order valence-corrected chi connectivity index (χ4v) is 19.6. The Balaban J connectivity index is 0.914. The van der Waals surface area contributed by atoms with Crippen LogP contribution in [-0.2, 0) is 56.9 Å². The predicted octanol–water partition coefficient (Wildman–Crippen LogP) is -5.12. The van der Waals surface area contributed by atoms with Crippen LogP contribution in [0, 0.1) is 50.2 Å². The number of aliphatic hydroxyl groups is 17. The lowest BCUT2D eigenvalue weighted by Crippen LogP contribution is -2.76. The molecule has 6 saturated heterocycles. The molecule has 5 aliphatic carbocycles. The van der Waals surface area contributed by atoms with Crippen molar-refractivity contribution in [2.45, 2.75) is 304 Å². The zero-order valence-electron chi connectivity index (χ0n) is 52.1. The maximum atomic E-state index is 13.4. The molecule has 11 aliphatic rings. The Bertz CT molecular complexity index is 2550. The Morgan fingerprint density at radius 1 is 0.467 bits per heavy atom. The average Bonchev–Trinajstić information content (AvgIpc) is 1.37. The highest BCUT2D eigenvalue weighted by Crippen LogP contribution is 2.81. The number of carbonyl (C=O) groups is 1. The largest absolute Gasteiger partial charge is 0.479 e. The van der Waals surface area contributed by atoms with E-state index in [2.05, 4.69) is 20.8 Å². The monoisotopic (exact) mass is 1300 g/mol. The summed E-state index contributed by atoms with van der Waals surface area (Å²) in [4.78, 5) is 13.4. The standard InChI is InChI=1S/C60H98O30/c1-20-29(64)33(68)37(72)48(80-20)87-42-35(70)30(65)21(2)81-50(42)88-43-36(71)32(67)23(19-62)83-51(43)85-40-39(74)41(47(77)78)86-52(44(40)89-49-38(73)34(69)31(66)22(18-61)82-49)84-28-12-13-56(7)24(55(28,5)6)10-14-57(8)25(56)11-15-59-26-16-54(3,4)45(75)46(76)60(26,53(79)90-59)27(63)17-58(57,59)9/h20-46,48-53,61-76,79H,10-19H2,1-9H3,(H,77,78)/t20?,21?,22?,23?,24?,25?,26?,27-,28+,29+,30+,31+,32+,33?,34?,35?,36?,37+,38+,39+,40?,41?,42+,43+,44+,45+,46+,48+,49+,50+,51+,52-,53+,56+,57-,58+,59+,60-/m1/s1. The van der Waals surface area contributed by atoms with Crippen LogP contribution in [0.15, 0.2) is 0 Å². The molecule has 6 heterocycles. The first-order valence-electron chi connectivity index (χ1n) is 31.8. The minimum Gasteiger partial charge on any atom is -0.479 e. The van der Waals surface area contributed by atoms with Gasteiger partial charge < -0.3 is 144 Å². The number of fused-ring (bicyclic) bond motifs is 4. The quantitative estimate of drug-likeness (QED) is 0.0767. The first kappa shape index (κ1) is 69.7. The molecule has 0 amide bonds. The lowest BCUT2D eigenvalue weighted by molar-refractivity contribution is -0.412. The molecule has 0 aromatic rings. The predicted molar refractivity (Wildman–Crippen MR) is 296 cm³/mol. The van der Waals surface area contributed by atoms with Crippen LogP contribution in [0.3, 0.4) is 0 Å². The van der Waals surface area contributed by atoms with Crippen LogP contribution in [0.4, 0.5) is 0 Å². The molecule has 30 heteroatoms. The Hall–Kier alpha value is -1.65. The summed E-state index contributed by atoms with van der Waals surface area (Å²) in [5, 5.41) is 203. The summed E-state index contributed by atoms with van der Waals surface area (Å²) < 4.78 is 68.5.